The van der Waals surface area contributed by atoms with Crippen molar-refractivity contribution in [3.8, 4) is 11.4 Å². The highest BCUT2D eigenvalue weighted by molar-refractivity contribution is 6.45. The predicted octanol–water partition coefficient (Wildman–Crippen LogP) is 1.22. The first kappa shape index (κ1) is 28.2. The van der Waals surface area contributed by atoms with E-state index in [0.717, 1.165) is 6.20 Å². The highest BCUT2D eigenvalue weighted by Crippen LogP contribution is 2.30. The molecule has 0 saturated carbocycles. The summed E-state index contributed by atoms with van der Waals surface area (Å²) in [5, 5.41) is 9.38. The van der Waals surface area contributed by atoms with E-state index in [1.807, 2.05) is 23.1 Å². The van der Waals surface area contributed by atoms with E-state index in [1.165, 1.54) is 26.9 Å². The van der Waals surface area contributed by atoms with E-state index in [4.69, 9.17) is 16.4 Å². The highest BCUT2D eigenvalue weighted by atomic mass is 19.1. The minimum Gasteiger partial charge on any atom is -0.461 e. The first-order valence-corrected chi connectivity index (χ1v) is 13.1. The first-order valence-electron chi connectivity index (χ1n) is 13.1. The number of esters is 1. The second-order valence-corrected chi connectivity index (χ2v) is 9.41. The molecule has 4 heterocycles. The van der Waals surface area contributed by atoms with Crippen LogP contribution in [0.5, 0.6) is 0 Å². The van der Waals surface area contributed by atoms with Gasteiger partial charge in [-0.3, -0.25) is 14.3 Å². The molecule has 5 N–H and O–H groups in total. The Balaban J connectivity index is 1.34. The van der Waals surface area contributed by atoms with Gasteiger partial charge in [0, 0.05) is 45.5 Å². The minimum atomic E-state index is -0.878. The number of guanidine groups is 1. The summed E-state index contributed by atoms with van der Waals surface area (Å²) in [5.74, 6) is 9.13. The number of ketones is 1. The van der Waals surface area contributed by atoms with Crippen LogP contribution in [0.4, 0.5) is 10.1 Å². The molecule has 5 rings (SSSR count). The number of aromatic amines is 1. The van der Waals surface area contributed by atoms with Crippen LogP contribution in [0.1, 0.15) is 27.8 Å². The molecule has 3 aromatic heterocycles. The lowest BCUT2D eigenvalue weighted by Gasteiger charge is -2.38. The summed E-state index contributed by atoms with van der Waals surface area (Å²) in [6.07, 6.45) is 2.22. The predicted molar refractivity (Wildman–Crippen MR) is 151 cm³/mol. The van der Waals surface area contributed by atoms with E-state index in [9.17, 15) is 14.4 Å². The number of fused-ring (bicyclic) bond motifs is 1. The normalized spacial score (nSPS) is 13.9. The fourth-order valence-electron chi connectivity index (χ4n) is 4.83. The number of aryl methyl sites for hydroxylation is 1. The molecule has 15 heteroatoms. The van der Waals surface area contributed by atoms with E-state index >= 15 is 4.39 Å². The van der Waals surface area contributed by atoms with Crippen molar-refractivity contribution in [3.05, 3.63) is 65.9 Å². The van der Waals surface area contributed by atoms with Crippen molar-refractivity contribution in [1.29, 1.82) is 0 Å². The molecule has 0 bridgehead atoms. The number of piperazine rings is 1. The Hall–Kier alpha value is -5.31. The average Bonchev–Trinajstić information content (AvgIpc) is 3.63. The Bertz CT molecular complexity index is 1670. The SMILES string of the molecule is CCOC(=O)c1cc(-c2ncc(F)c3c(C(=O)C(=O)N4CCN(/C(=N/N)N(N)c5ccccc5)CC4)c[nH]c23)nn1C. The van der Waals surface area contributed by atoms with E-state index in [2.05, 4.69) is 20.2 Å². The summed E-state index contributed by atoms with van der Waals surface area (Å²) in [7, 11) is 1.56. The van der Waals surface area contributed by atoms with Gasteiger partial charge in [0.1, 0.15) is 17.1 Å². The smallest absolute Gasteiger partial charge is 0.356 e. The Morgan fingerprint density at radius 3 is 2.50 bits per heavy atom. The van der Waals surface area contributed by atoms with Gasteiger partial charge in [0.25, 0.3) is 11.7 Å². The number of halogens is 1. The van der Waals surface area contributed by atoms with Gasteiger partial charge in [0.15, 0.2) is 5.82 Å². The lowest BCUT2D eigenvalue weighted by atomic mass is 10.1. The molecule has 1 fully saturated rings. The number of H-pyrrole nitrogens is 1. The van der Waals surface area contributed by atoms with Gasteiger partial charge in [-0.2, -0.15) is 5.10 Å². The zero-order valence-corrected chi connectivity index (χ0v) is 23.0. The number of nitrogens with one attached hydrogen (secondary N) is 1. The second kappa shape index (κ2) is 11.7. The standard InChI is InChI=1S/C27H29FN10O4/c1-3-42-26(41)20-13-19(34-35(20)2)22-23-21(18(28)15-32-22)17(14-31-23)24(39)25(40)36-9-11-37(12-10-36)27(33-29)38(30)16-7-5-4-6-8-16/h4-8,13-15,31H,3,9-12,29-30H2,1-2H3/b33-27-. The summed E-state index contributed by atoms with van der Waals surface area (Å²) in [6, 6.07) is 10.6. The number of hydrazine groups is 1. The zero-order valence-electron chi connectivity index (χ0n) is 23.0. The van der Waals surface area contributed by atoms with Gasteiger partial charge in [0.2, 0.25) is 5.96 Å². The third-order valence-corrected chi connectivity index (χ3v) is 6.92. The van der Waals surface area contributed by atoms with Crippen LogP contribution in [0.25, 0.3) is 22.3 Å². The van der Waals surface area contributed by atoms with Crippen LogP contribution in [0, 0.1) is 5.82 Å². The number of hydrogen-bond acceptors (Lipinski definition) is 9. The quantitative estimate of drug-likeness (QED) is 0.0574. The van der Waals surface area contributed by atoms with E-state index < -0.39 is 23.5 Å². The van der Waals surface area contributed by atoms with Gasteiger partial charge in [-0.05, 0) is 19.1 Å². The molecule has 0 spiro atoms. The minimum absolute atomic E-state index is 0.0977. The summed E-state index contributed by atoms with van der Waals surface area (Å²) >= 11 is 0. The first-order chi connectivity index (χ1) is 20.2. The Morgan fingerprint density at radius 2 is 1.83 bits per heavy atom. The van der Waals surface area contributed by atoms with Crippen LogP contribution in [-0.4, -0.2) is 86.0 Å². The summed E-state index contributed by atoms with van der Waals surface area (Å²) in [5.41, 5.74) is 1.34. The van der Waals surface area contributed by atoms with Gasteiger partial charge in [0.05, 0.1) is 35.0 Å². The van der Waals surface area contributed by atoms with Crippen LogP contribution in [0.2, 0.25) is 0 Å². The number of para-hydroxylation sites is 1. The Labute approximate surface area is 239 Å². The molecule has 1 aliphatic rings. The summed E-state index contributed by atoms with van der Waals surface area (Å²) < 4.78 is 21.4. The van der Waals surface area contributed by atoms with Gasteiger partial charge in [-0.1, -0.05) is 18.2 Å². The van der Waals surface area contributed by atoms with Gasteiger partial charge >= 0.3 is 5.97 Å². The third kappa shape index (κ3) is 5.12. The summed E-state index contributed by atoms with van der Waals surface area (Å²) in [4.78, 5) is 49.0. The molecule has 1 amide bonds. The van der Waals surface area contributed by atoms with Gasteiger partial charge in [-0.25, -0.2) is 25.0 Å². The number of amides is 1. The summed E-state index contributed by atoms with van der Waals surface area (Å²) in [6.45, 7) is 2.88. The molecule has 0 atom stereocenters. The van der Waals surface area contributed by atoms with Crippen LogP contribution in [0.3, 0.4) is 0 Å². The van der Waals surface area contributed by atoms with Gasteiger partial charge < -0.3 is 25.4 Å². The molecule has 0 aliphatic carbocycles. The molecular weight excluding hydrogens is 547 g/mol. The maximum atomic E-state index is 15.0. The van der Waals surface area contributed by atoms with E-state index in [0.29, 0.717) is 24.7 Å². The molecule has 1 saturated heterocycles. The van der Waals surface area contributed by atoms with Crippen LogP contribution in [0.15, 0.2) is 53.9 Å². The number of nitrogens with zero attached hydrogens (tertiary/aromatic N) is 7. The molecule has 0 radical (unpaired) electrons. The fraction of sp³-hybridized carbons (Fsp3) is 0.259. The van der Waals surface area contributed by atoms with E-state index in [1.54, 1.807) is 26.1 Å². The number of benzene rings is 1. The number of ether oxygens (including phenoxy) is 1. The number of carbonyl (C=O) groups is 3. The van der Waals surface area contributed by atoms with Crippen molar-refractivity contribution >= 4 is 40.2 Å². The Morgan fingerprint density at radius 1 is 1.14 bits per heavy atom. The van der Waals surface area contributed by atoms with Crippen molar-refractivity contribution in [2.75, 3.05) is 37.8 Å². The molecule has 1 aromatic carbocycles. The molecule has 4 aromatic rings. The van der Waals surface area contributed by atoms with Crippen LogP contribution < -0.4 is 16.7 Å². The molecule has 14 nitrogen and oxygen atoms in total. The van der Waals surface area contributed by atoms with Crippen LogP contribution >= 0.6 is 0 Å². The van der Waals surface area contributed by atoms with Crippen LogP contribution in [-0.2, 0) is 16.6 Å². The molecular formula is C27H29FN10O4. The third-order valence-electron chi connectivity index (χ3n) is 6.92. The number of carbonyl (C=O) groups excluding carboxylic acids is 3. The number of Topliss-reactive ketones (excluding diaryl/α,β-unsaturated/α-hetero) is 1. The maximum absolute atomic E-state index is 15.0. The molecule has 1 aliphatic heterocycles. The number of anilines is 1. The highest BCUT2D eigenvalue weighted by Gasteiger charge is 2.32. The van der Waals surface area contributed by atoms with E-state index in [-0.39, 0.29) is 53.2 Å². The number of aromatic nitrogens is 4. The van der Waals surface area contributed by atoms with Crippen molar-refractivity contribution < 1.29 is 23.5 Å². The zero-order chi connectivity index (χ0) is 30.0. The molecule has 218 valence electrons. The largest absolute Gasteiger partial charge is 0.461 e. The number of hydrazone groups is 1. The van der Waals surface area contributed by atoms with Gasteiger partial charge in [-0.15, -0.1) is 5.10 Å². The number of hydrogen-bond donors (Lipinski definition) is 3. The molecule has 0 unspecified atom stereocenters. The Kier molecular flexibility index (Phi) is 7.84. The fourth-order valence-corrected chi connectivity index (χ4v) is 4.83. The number of pyridine rings is 1. The van der Waals surface area contributed by atoms with Crippen molar-refractivity contribution in [2.24, 2.45) is 23.8 Å². The second-order valence-electron chi connectivity index (χ2n) is 9.41. The van der Waals surface area contributed by atoms with Crippen molar-refractivity contribution in [2.45, 2.75) is 6.92 Å². The number of nitrogens with two attached hydrogens (primary N) is 2. The number of rotatable bonds is 6. The lowest BCUT2D eigenvalue weighted by molar-refractivity contribution is -0.127. The topological polar surface area (TPSA) is 181 Å². The average molecular weight is 577 g/mol. The van der Waals surface area contributed by atoms with Crippen molar-refractivity contribution in [1.82, 2.24) is 29.5 Å². The lowest BCUT2D eigenvalue weighted by Crippen LogP contribution is -2.57. The maximum Gasteiger partial charge on any atom is 0.356 e. The monoisotopic (exact) mass is 576 g/mol. The molecule has 42 heavy (non-hydrogen) atoms. The van der Waals surface area contributed by atoms with Crippen molar-refractivity contribution in [3.63, 3.8) is 0 Å².